The number of halogens is 1. The van der Waals surface area contributed by atoms with Gasteiger partial charge in [0.15, 0.2) is 5.16 Å². The van der Waals surface area contributed by atoms with Crippen LogP contribution < -0.4 is 5.56 Å². The van der Waals surface area contributed by atoms with E-state index in [1.54, 1.807) is 18.2 Å². The minimum atomic E-state index is -3.15. The molecule has 5 nitrogen and oxygen atoms in total. The summed E-state index contributed by atoms with van der Waals surface area (Å²) in [6.45, 7) is 2.20. The standard InChI is InChI=1S/C20H21FN2O3S3/c1-12-7-8-13-16(11-12)28-18-17(13)19(24)23(15-6-4-3-5-14(15)21)20(22-18)27-9-10-29(2,25)26/h3-6,12H,7-11H2,1-2H3. The van der Waals surface area contributed by atoms with E-state index in [-0.39, 0.29) is 22.8 Å². The zero-order valence-electron chi connectivity index (χ0n) is 16.1. The van der Waals surface area contributed by atoms with E-state index in [0.29, 0.717) is 21.3 Å². The van der Waals surface area contributed by atoms with E-state index < -0.39 is 15.7 Å². The largest absolute Gasteiger partial charge is 0.268 e. The fourth-order valence-electron chi connectivity index (χ4n) is 3.60. The molecule has 0 fully saturated rings. The number of aryl methyl sites for hydroxylation is 1. The molecule has 1 aliphatic carbocycles. The smallest absolute Gasteiger partial charge is 0.267 e. The van der Waals surface area contributed by atoms with Crippen molar-refractivity contribution in [3.05, 3.63) is 50.9 Å². The Kier molecular flexibility index (Phi) is 5.56. The van der Waals surface area contributed by atoms with Gasteiger partial charge in [-0.15, -0.1) is 11.3 Å². The summed E-state index contributed by atoms with van der Waals surface area (Å²) >= 11 is 2.69. The van der Waals surface area contributed by atoms with E-state index >= 15 is 0 Å². The van der Waals surface area contributed by atoms with Crippen LogP contribution in [-0.4, -0.2) is 35.7 Å². The topological polar surface area (TPSA) is 69.0 Å². The Morgan fingerprint density at radius 2 is 2.10 bits per heavy atom. The highest BCUT2D eigenvalue weighted by molar-refractivity contribution is 8.00. The Morgan fingerprint density at radius 1 is 1.34 bits per heavy atom. The fraction of sp³-hybridized carbons (Fsp3) is 0.400. The van der Waals surface area contributed by atoms with Crippen molar-refractivity contribution in [2.24, 2.45) is 5.92 Å². The van der Waals surface area contributed by atoms with Crippen LogP contribution in [0.4, 0.5) is 4.39 Å². The van der Waals surface area contributed by atoms with Gasteiger partial charge in [-0.25, -0.2) is 17.8 Å². The maximum absolute atomic E-state index is 14.6. The van der Waals surface area contributed by atoms with Crippen LogP contribution in [0.5, 0.6) is 0 Å². The average molecular weight is 453 g/mol. The third-order valence-corrected chi connectivity index (χ3v) is 8.37. The van der Waals surface area contributed by atoms with E-state index in [4.69, 9.17) is 0 Å². The van der Waals surface area contributed by atoms with Crippen molar-refractivity contribution in [1.29, 1.82) is 0 Å². The third kappa shape index (κ3) is 4.13. The fourth-order valence-corrected chi connectivity index (χ4v) is 7.22. The van der Waals surface area contributed by atoms with Gasteiger partial charge in [0.25, 0.3) is 5.56 Å². The highest BCUT2D eigenvalue weighted by Crippen LogP contribution is 2.37. The molecule has 1 aromatic carbocycles. The second-order valence-electron chi connectivity index (χ2n) is 7.50. The van der Waals surface area contributed by atoms with Gasteiger partial charge < -0.3 is 0 Å². The molecule has 29 heavy (non-hydrogen) atoms. The van der Waals surface area contributed by atoms with E-state index in [0.717, 1.165) is 24.8 Å². The lowest BCUT2D eigenvalue weighted by Crippen LogP contribution is -2.23. The Labute approximate surface area is 176 Å². The zero-order chi connectivity index (χ0) is 20.8. The number of hydrogen-bond acceptors (Lipinski definition) is 6. The van der Waals surface area contributed by atoms with Crippen molar-refractivity contribution < 1.29 is 12.8 Å². The predicted molar refractivity (Wildman–Crippen MR) is 117 cm³/mol. The molecule has 154 valence electrons. The summed E-state index contributed by atoms with van der Waals surface area (Å²) < 4.78 is 38.9. The molecule has 2 heterocycles. The molecule has 1 atom stereocenters. The second-order valence-corrected chi connectivity index (χ2v) is 11.9. The van der Waals surface area contributed by atoms with Crippen molar-refractivity contribution in [3.8, 4) is 5.69 Å². The maximum Gasteiger partial charge on any atom is 0.267 e. The van der Waals surface area contributed by atoms with Crippen LogP contribution in [0.1, 0.15) is 23.8 Å². The molecule has 1 unspecified atom stereocenters. The maximum atomic E-state index is 14.6. The van der Waals surface area contributed by atoms with Crippen LogP contribution in [-0.2, 0) is 22.7 Å². The molecular weight excluding hydrogens is 431 g/mol. The molecule has 0 saturated carbocycles. The van der Waals surface area contributed by atoms with E-state index in [1.165, 1.54) is 44.9 Å². The van der Waals surface area contributed by atoms with Gasteiger partial charge in [-0.2, -0.15) is 0 Å². The minimum absolute atomic E-state index is 0.0404. The summed E-state index contributed by atoms with van der Waals surface area (Å²) in [6.07, 6.45) is 3.93. The molecule has 0 spiro atoms. The van der Waals surface area contributed by atoms with Crippen LogP contribution in [0.15, 0.2) is 34.2 Å². The molecular formula is C20H21FN2O3S3. The molecule has 2 aromatic heterocycles. The van der Waals surface area contributed by atoms with Gasteiger partial charge in [-0.3, -0.25) is 9.36 Å². The minimum Gasteiger partial charge on any atom is -0.268 e. The zero-order valence-corrected chi connectivity index (χ0v) is 18.6. The van der Waals surface area contributed by atoms with Crippen molar-refractivity contribution in [3.63, 3.8) is 0 Å². The lowest BCUT2D eigenvalue weighted by atomic mass is 9.89. The summed E-state index contributed by atoms with van der Waals surface area (Å²) in [6, 6.07) is 6.10. The number of fused-ring (bicyclic) bond motifs is 3. The number of thiophene rings is 1. The first-order chi connectivity index (χ1) is 13.7. The molecule has 0 saturated heterocycles. The SMILES string of the molecule is CC1CCc2c(sc3nc(SCCS(C)(=O)=O)n(-c4ccccc4F)c(=O)c23)C1. The highest BCUT2D eigenvalue weighted by Gasteiger charge is 2.25. The van der Waals surface area contributed by atoms with E-state index in [9.17, 15) is 17.6 Å². The number of rotatable bonds is 5. The molecule has 9 heteroatoms. The molecule has 1 aliphatic rings. The second kappa shape index (κ2) is 7.85. The normalized spacial score (nSPS) is 16.9. The summed E-state index contributed by atoms with van der Waals surface area (Å²) in [4.78, 5) is 20.0. The number of nitrogens with zero attached hydrogens (tertiary/aromatic N) is 2. The average Bonchev–Trinajstić information content (AvgIpc) is 2.99. The van der Waals surface area contributed by atoms with Crippen molar-refractivity contribution in [2.45, 2.75) is 31.3 Å². The molecule has 0 radical (unpaired) electrons. The Bertz CT molecular complexity index is 1250. The lowest BCUT2D eigenvalue weighted by Gasteiger charge is -2.18. The third-order valence-electron chi connectivity index (χ3n) is 5.08. The van der Waals surface area contributed by atoms with Gasteiger partial charge in [-0.05, 0) is 42.9 Å². The summed E-state index contributed by atoms with van der Waals surface area (Å²) in [5, 5.41) is 0.899. The van der Waals surface area contributed by atoms with Gasteiger partial charge in [0.2, 0.25) is 0 Å². The predicted octanol–water partition coefficient (Wildman–Crippen LogP) is 3.85. The van der Waals surface area contributed by atoms with Gasteiger partial charge in [0.1, 0.15) is 20.5 Å². The molecule has 0 aliphatic heterocycles. The number of aromatic nitrogens is 2. The monoisotopic (exact) mass is 452 g/mol. The van der Waals surface area contributed by atoms with Crippen molar-refractivity contribution >= 4 is 43.2 Å². The van der Waals surface area contributed by atoms with E-state index in [1.807, 2.05) is 0 Å². The summed E-state index contributed by atoms with van der Waals surface area (Å²) in [5.41, 5.74) is 0.894. The number of benzene rings is 1. The molecule has 0 amide bonds. The Hall–Kier alpha value is -1.71. The van der Waals surface area contributed by atoms with Gasteiger partial charge >= 0.3 is 0 Å². The lowest BCUT2D eigenvalue weighted by molar-refractivity contribution is 0.509. The van der Waals surface area contributed by atoms with Crippen LogP contribution in [0.3, 0.4) is 0 Å². The van der Waals surface area contributed by atoms with Crippen LogP contribution in [0.2, 0.25) is 0 Å². The van der Waals surface area contributed by atoms with E-state index in [2.05, 4.69) is 11.9 Å². The number of thioether (sulfide) groups is 1. The summed E-state index contributed by atoms with van der Waals surface area (Å²) in [5.74, 6) is 0.251. The first kappa shape index (κ1) is 20.6. The van der Waals surface area contributed by atoms with Crippen LogP contribution >= 0.6 is 23.1 Å². The number of para-hydroxylation sites is 1. The van der Waals surface area contributed by atoms with Crippen LogP contribution in [0.25, 0.3) is 15.9 Å². The highest BCUT2D eigenvalue weighted by atomic mass is 32.2. The summed E-state index contributed by atoms with van der Waals surface area (Å²) in [7, 11) is -3.15. The molecule has 3 aromatic rings. The molecule has 4 rings (SSSR count). The number of sulfone groups is 1. The first-order valence-electron chi connectivity index (χ1n) is 9.37. The van der Waals surface area contributed by atoms with Gasteiger partial charge in [0, 0.05) is 16.9 Å². The van der Waals surface area contributed by atoms with Crippen molar-refractivity contribution in [1.82, 2.24) is 9.55 Å². The number of hydrogen-bond donors (Lipinski definition) is 0. The van der Waals surface area contributed by atoms with Gasteiger partial charge in [0.05, 0.1) is 16.8 Å². The van der Waals surface area contributed by atoms with Crippen LogP contribution in [0, 0.1) is 11.7 Å². The Morgan fingerprint density at radius 3 is 2.83 bits per heavy atom. The van der Waals surface area contributed by atoms with Crippen molar-refractivity contribution in [2.75, 3.05) is 17.8 Å². The van der Waals surface area contributed by atoms with Gasteiger partial charge in [-0.1, -0.05) is 30.8 Å². The molecule has 0 N–H and O–H groups in total. The molecule has 0 bridgehead atoms. The Balaban J connectivity index is 1.91. The first-order valence-corrected chi connectivity index (χ1v) is 13.2. The quantitative estimate of drug-likeness (QED) is 0.434.